The molecular weight excluding hydrogens is 252 g/mol. The lowest BCUT2D eigenvalue weighted by Gasteiger charge is -2.19. The molecule has 1 nitrogen and oxygen atoms in total. The lowest BCUT2D eigenvalue weighted by Crippen LogP contribution is -2.22. The first-order chi connectivity index (χ1) is 8.56. The highest BCUT2D eigenvalue weighted by atomic mass is 32.1. The number of hydrogen-bond donors (Lipinski definition) is 1. The first-order valence-corrected chi connectivity index (χ1v) is 6.69. The minimum absolute atomic E-state index is 0.104. The Morgan fingerprint density at radius 2 is 1.72 bits per heavy atom. The Morgan fingerprint density at radius 1 is 1.06 bits per heavy atom. The largest absolute Gasteiger partial charge is 0.303 e. The van der Waals surface area contributed by atoms with Gasteiger partial charge in [0.2, 0.25) is 0 Å². The highest BCUT2D eigenvalue weighted by Gasteiger charge is 2.13. The Balaban J connectivity index is 2.09. The molecule has 1 N–H and O–H groups in total. The Labute approximate surface area is 109 Å². The molecule has 0 fully saturated rings. The van der Waals surface area contributed by atoms with E-state index in [1.54, 1.807) is 11.3 Å². The minimum Gasteiger partial charge on any atom is -0.303 e. The monoisotopic (exact) mass is 267 g/mol. The molecule has 2 rings (SSSR count). The summed E-state index contributed by atoms with van der Waals surface area (Å²) in [5.41, 5.74) is 0.621. The Morgan fingerprint density at radius 3 is 2.28 bits per heavy atom. The summed E-state index contributed by atoms with van der Waals surface area (Å²) in [4.78, 5) is 1.21. The third kappa shape index (κ3) is 3.15. The van der Waals surface area contributed by atoms with E-state index in [4.69, 9.17) is 0 Å². The van der Waals surface area contributed by atoms with Crippen LogP contribution in [0.25, 0.3) is 0 Å². The predicted octanol–water partition coefficient (Wildman–Crippen LogP) is 4.44. The van der Waals surface area contributed by atoms with Crippen LogP contribution in [0.4, 0.5) is 8.78 Å². The van der Waals surface area contributed by atoms with Crippen LogP contribution < -0.4 is 5.32 Å². The van der Waals surface area contributed by atoms with Crippen molar-refractivity contribution in [2.24, 2.45) is 0 Å². The van der Waals surface area contributed by atoms with E-state index < -0.39 is 11.6 Å². The van der Waals surface area contributed by atoms with E-state index in [0.29, 0.717) is 5.56 Å². The summed E-state index contributed by atoms with van der Waals surface area (Å²) >= 11 is 1.66. The van der Waals surface area contributed by atoms with E-state index in [2.05, 4.69) is 5.32 Å². The minimum atomic E-state index is -0.539. The standard InChI is InChI=1S/C14H15F2NS/c1-9(11-6-12(15)8-13(16)7-11)17-10(2)14-4-3-5-18-14/h3-10,17H,1-2H3/t9?,10-/m0/s1. The van der Waals surface area contributed by atoms with Gasteiger partial charge in [-0.05, 0) is 43.0 Å². The average Bonchev–Trinajstić information content (AvgIpc) is 2.80. The van der Waals surface area contributed by atoms with Crippen LogP contribution in [0.5, 0.6) is 0 Å². The fourth-order valence-electron chi connectivity index (χ4n) is 1.92. The van der Waals surface area contributed by atoms with Gasteiger partial charge in [-0.3, -0.25) is 0 Å². The highest BCUT2D eigenvalue weighted by Crippen LogP contribution is 2.23. The van der Waals surface area contributed by atoms with Gasteiger partial charge < -0.3 is 5.32 Å². The molecule has 0 bridgehead atoms. The van der Waals surface area contributed by atoms with Gasteiger partial charge in [0.15, 0.2) is 0 Å². The summed E-state index contributed by atoms with van der Waals surface area (Å²) in [5.74, 6) is -1.08. The first kappa shape index (κ1) is 13.2. The SMILES string of the molecule is CC(N[C@@H](C)c1cccs1)c1cc(F)cc(F)c1. The molecule has 1 heterocycles. The van der Waals surface area contributed by atoms with Gasteiger partial charge in [0, 0.05) is 23.0 Å². The molecule has 0 amide bonds. The van der Waals surface area contributed by atoms with Crippen LogP contribution in [0.3, 0.4) is 0 Å². The van der Waals surface area contributed by atoms with Crippen molar-refractivity contribution in [1.29, 1.82) is 0 Å². The Kier molecular flexibility index (Phi) is 4.09. The second-order valence-corrected chi connectivity index (χ2v) is 5.31. The second-order valence-electron chi connectivity index (χ2n) is 4.33. The summed E-state index contributed by atoms with van der Waals surface area (Å²) in [6.45, 7) is 3.94. The van der Waals surface area contributed by atoms with Crippen LogP contribution >= 0.6 is 11.3 Å². The van der Waals surface area contributed by atoms with Crippen LogP contribution in [0.2, 0.25) is 0 Å². The Hall–Kier alpha value is -1.26. The Bertz CT molecular complexity index is 490. The number of benzene rings is 1. The van der Waals surface area contributed by atoms with Crippen molar-refractivity contribution in [3.63, 3.8) is 0 Å². The molecule has 1 aromatic heterocycles. The molecule has 1 unspecified atom stereocenters. The van der Waals surface area contributed by atoms with E-state index in [9.17, 15) is 8.78 Å². The lowest BCUT2D eigenvalue weighted by molar-refractivity contribution is 0.492. The topological polar surface area (TPSA) is 12.0 Å². The number of rotatable bonds is 4. The molecule has 18 heavy (non-hydrogen) atoms. The van der Waals surface area contributed by atoms with Crippen LogP contribution in [0.1, 0.15) is 36.4 Å². The van der Waals surface area contributed by atoms with E-state index in [1.165, 1.54) is 17.0 Å². The quantitative estimate of drug-likeness (QED) is 0.863. The van der Waals surface area contributed by atoms with Crippen LogP contribution in [-0.2, 0) is 0 Å². The number of halogens is 2. The van der Waals surface area contributed by atoms with Crippen molar-refractivity contribution < 1.29 is 8.78 Å². The third-order valence-electron chi connectivity index (χ3n) is 2.85. The zero-order chi connectivity index (χ0) is 13.1. The van der Waals surface area contributed by atoms with Crippen molar-refractivity contribution in [1.82, 2.24) is 5.32 Å². The summed E-state index contributed by atoms with van der Waals surface area (Å²) in [7, 11) is 0. The molecule has 0 aliphatic rings. The molecule has 0 aliphatic heterocycles. The first-order valence-electron chi connectivity index (χ1n) is 5.81. The molecule has 0 saturated heterocycles. The predicted molar refractivity (Wildman–Crippen MR) is 70.6 cm³/mol. The number of hydrogen-bond acceptors (Lipinski definition) is 2. The normalized spacial score (nSPS) is 14.4. The van der Waals surface area contributed by atoms with Crippen LogP contribution in [0, 0.1) is 11.6 Å². The fraction of sp³-hybridized carbons (Fsp3) is 0.286. The number of thiophene rings is 1. The zero-order valence-electron chi connectivity index (χ0n) is 10.3. The van der Waals surface area contributed by atoms with Gasteiger partial charge in [-0.2, -0.15) is 0 Å². The second kappa shape index (κ2) is 5.59. The fourth-order valence-corrected chi connectivity index (χ4v) is 2.66. The van der Waals surface area contributed by atoms with Gasteiger partial charge in [-0.1, -0.05) is 6.07 Å². The van der Waals surface area contributed by atoms with Crippen molar-refractivity contribution in [3.8, 4) is 0 Å². The van der Waals surface area contributed by atoms with E-state index in [0.717, 1.165) is 6.07 Å². The maximum absolute atomic E-state index is 13.1. The highest BCUT2D eigenvalue weighted by molar-refractivity contribution is 7.10. The molecule has 96 valence electrons. The lowest BCUT2D eigenvalue weighted by atomic mass is 10.1. The molecular formula is C14H15F2NS. The van der Waals surface area contributed by atoms with Gasteiger partial charge >= 0.3 is 0 Å². The van der Waals surface area contributed by atoms with Crippen molar-refractivity contribution in [3.05, 3.63) is 57.8 Å². The van der Waals surface area contributed by atoms with Crippen LogP contribution in [-0.4, -0.2) is 0 Å². The molecule has 2 aromatic rings. The van der Waals surface area contributed by atoms with Gasteiger partial charge in [-0.25, -0.2) is 8.78 Å². The summed E-state index contributed by atoms with van der Waals surface area (Å²) in [6.07, 6.45) is 0. The molecule has 1 aromatic carbocycles. The van der Waals surface area contributed by atoms with Gasteiger partial charge in [0.25, 0.3) is 0 Å². The third-order valence-corrected chi connectivity index (χ3v) is 3.91. The van der Waals surface area contributed by atoms with Crippen molar-refractivity contribution >= 4 is 11.3 Å². The van der Waals surface area contributed by atoms with Crippen LogP contribution in [0.15, 0.2) is 35.7 Å². The average molecular weight is 267 g/mol. The van der Waals surface area contributed by atoms with E-state index >= 15 is 0 Å². The summed E-state index contributed by atoms with van der Waals surface area (Å²) < 4.78 is 26.3. The van der Waals surface area contributed by atoms with Crippen molar-refractivity contribution in [2.75, 3.05) is 0 Å². The molecule has 4 heteroatoms. The number of nitrogens with one attached hydrogen (secondary N) is 1. The summed E-state index contributed by atoms with van der Waals surface area (Å²) in [6, 6.07) is 7.70. The molecule has 0 spiro atoms. The molecule has 2 atom stereocenters. The van der Waals surface area contributed by atoms with Gasteiger partial charge in [0.05, 0.1) is 0 Å². The molecule has 0 saturated carbocycles. The zero-order valence-corrected chi connectivity index (χ0v) is 11.1. The molecule has 0 aliphatic carbocycles. The van der Waals surface area contributed by atoms with E-state index in [1.807, 2.05) is 31.4 Å². The maximum Gasteiger partial charge on any atom is 0.126 e. The molecule has 0 radical (unpaired) electrons. The smallest absolute Gasteiger partial charge is 0.126 e. The van der Waals surface area contributed by atoms with Crippen molar-refractivity contribution in [2.45, 2.75) is 25.9 Å². The summed E-state index contributed by atoms with van der Waals surface area (Å²) in [5, 5.41) is 5.34. The van der Waals surface area contributed by atoms with Gasteiger partial charge in [-0.15, -0.1) is 11.3 Å². The van der Waals surface area contributed by atoms with Gasteiger partial charge in [0.1, 0.15) is 11.6 Å². The maximum atomic E-state index is 13.1. The van der Waals surface area contributed by atoms with E-state index in [-0.39, 0.29) is 12.1 Å².